The van der Waals surface area contributed by atoms with Crippen LogP contribution in [0, 0.1) is 0 Å². The van der Waals surface area contributed by atoms with E-state index >= 15 is 0 Å². The third-order valence-electron chi connectivity index (χ3n) is 3.18. The van der Waals surface area contributed by atoms with Crippen LogP contribution in [0.1, 0.15) is 20.8 Å². The lowest BCUT2D eigenvalue weighted by Crippen LogP contribution is -2.21. The average Bonchev–Trinajstić information content (AvgIpc) is 2.66. The Bertz CT molecular complexity index is 433. The normalized spacial score (nSPS) is 9.15. The Morgan fingerprint density at radius 2 is 1.04 bits per heavy atom. The second-order valence-electron chi connectivity index (χ2n) is 6.22. The van der Waals surface area contributed by atoms with E-state index in [4.69, 9.17) is 0 Å². The van der Waals surface area contributed by atoms with Crippen molar-refractivity contribution in [2.45, 2.75) is 20.8 Å². The summed E-state index contributed by atoms with van der Waals surface area (Å²) in [7, 11) is 10.1. The first-order valence-electron chi connectivity index (χ1n) is 9.29. The maximum atomic E-state index is 3.78. The predicted octanol–water partition coefficient (Wildman–Crippen LogP) is 4.36. The molecule has 0 aliphatic carbocycles. The molecule has 4 nitrogen and oxygen atoms in total. The molecule has 0 fully saturated rings. The maximum Gasteiger partial charge on any atom is 0.0360 e. The number of hydrogen-bond donors (Lipinski definition) is 0. The molecule has 0 amide bonds. The largest absolute Gasteiger partial charge is 0.378 e. The standard InChI is InChI=1S/C8H11N.C6H15N.C5H5N.C3H9N/c1-9(2)8-6-4-3-5-7-8;1-4-7(5-2)6-3;1-2-4-6-5-3-1;1-4(2)3/h3-7H,1-2H3;4-6H2,1-3H3;1-5H;1-3H3. The second-order valence-corrected chi connectivity index (χ2v) is 6.22. The molecule has 0 N–H and O–H groups in total. The van der Waals surface area contributed by atoms with Crippen LogP contribution in [-0.4, -0.2) is 69.7 Å². The molecular weight excluding hydrogens is 320 g/mol. The van der Waals surface area contributed by atoms with Gasteiger partial charge in [-0.15, -0.1) is 0 Å². The first-order valence-corrected chi connectivity index (χ1v) is 9.29. The van der Waals surface area contributed by atoms with Crippen LogP contribution in [0.2, 0.25) is 0 Å². The van der Waals surface area contributed by atoms with E-state index in [0.717, 1.165) is 0 Å². The fraction of sp³-hybridized carbons (Fsp3) is 0.500. The van der Waals surface area contributed by atoms with E-state index in [1.54, 1.807) is 12.4 Å². The minimum atomic E-state index is 1.19. The molecule has 0 radical (unpaired) electrons. The van der Waals surface area contributed by atoms with Gasteiger partial charge >= 0.3 is 0 Å². The number of pyridine rings is 1. The van der Waals surface area contributed by atoms with Gasteiger partial charge < -0.3 is 14.7 Å². The van der Waals surface area contributed by atoms with Crippen molar-refractivity contribution in [3.63, 3.8) is 0 Å². The van der Waals surface area contributed by atoms with E-state index in [2.05, 4.69) is 47.7 Å². The lowest BCUT2D eigenvalue weighted by Gasteiger charge is -2.13. The third-order valence-corrected chi connectivity index (χ3v) is 3.18. The summed E-state index contributed by atoms with van der Waals surface area (Å²) >= 11 is 0. The highest BCUT2D eigenvalue weighted by Crippen LogP contribution is 2.07. The topological polar surface area (TPSA) is 22.6 Å². The number of rotatable bonds is 4. The van der Waals surface area contributed by atoms with Gasteiger partial charge in [-0.05, 0) is 65.0 Å². The van der Waals surface area contributed by atoms with E-state index in [0.29, 0.717) is 0 Å². The number of anilines is 1. The molecule has 0 bridgehead atoms. The summed E-state index contributed by atoms with van der Waals surface area (Å²) in [6, 6.07) is 16.0. The van der Waals surface area contributed by atoms with Crippen LogP contribution in [-0.2, 0) is 0 Å². The van der Waals surface area contributed by atoms with Gasteiger partial charge in [-0.3, -0.25) is 4.98 Å². The summed E-state index contributed by atoms with van der Waals surface area (Å²) in [5.41, 5.74) is 1.25. The zero-order valence-corrected chi connectivity index (χ0v) is 18.2. The number of aromatic nitrogens is 1. The van der Waals surface area contributed by atoms with Crippen molar-refractivity contribution in [3.8, 4) is 0 Å². The number of para-hydroxylation sites is 1. The molecule has 0 aliphatic rings. The Morgan fingerprint density at radius 1 is 0.654 bits per heavy atom. The number of nitrogens with zero attached hydrogens (tertiary/aromatic N) is 4. The number of benzene rings is 1. The molecule has 1 aromatic heterocycles. The van der Waals surface area contributed by atoms with E-state index < -0.39 is 0 Å². The van der Waals surface area contributed by atoms with Gasteiger partial charge in [0.25, 0.3) is 0 Å². The SMILES string of the molecule is CCN(CC)CC.CN(C)C.CN(C)c1ccccc1.c1ccncc1. The molecule has 0 atom stereocenters. The molecular formula is C22H40N4. The molecule has 0 spiro atoms. The van der Waals surface area contributed by atoms with Crippen LogP contribution in [0.3, 0.4) is 0 Å². The monoisotopic (exact) mass is 360 g/mol. The maximum absolute atomic E-state index is 3.78. The molecule has 2 rings (SSSR count). The van der Waals surface area contributed by atoms with E-state index in [1.165, 1.54) is 25.3 Å². The van der Waals surface area contributed by atoms with Crippen LogP contribution in [0.15, 0.2) is 60.9 Å². The lowest BCUT2D eigenvalue weighted by atomic mass is 10.3. The van der Waals surface area contributed by atoms with Crippen molar-refractivity contribution < 1.29 is 0 Å². The molecule has 0 saturated carbocycles. The van der Waals surface area contributed by atoms with Gasteiger partial charge in [-0.2, -0.15) is 0 Å². The summed E-state index contributed by atoms with van der Waals surface area (Å²) in [5.74, 6) is 0. The van der Waals surface area contributed by atoms with E-state index in [-0.39, 0.29) is 0 Å². The minimum absolute atomic E-state index is 1.19. The molecule has 0 saturated heterocycles. The van der Waals surface area contributed by atoms with Gasteiger partial charge in [0.05, 0.1) is 0 Å². The summed E-state index contributed by atoms with van der Waals surface area (Å²) in [5, 5.41) is 0. The number of hydrogen-bond acceptors (Lipinski definition) is 4. The zero-order valence-electron chi connectivity index (χ0n) is 18.2. The van der Waals surface area contributed by atoms with Crippen LogP contribution in [0.25, 0.3) is 0 Å². The second kappa shape index (κ2) is 19.4. The highest BCUT2D eigenvalue weighted by atomic mass is 15.1. The van der Waals surface area contributed by atoms with Crippen molar-refractivity contribution in [2.24, 2.45) is 0 Å². The molecule has 26 heavy (non-hydrogen) atoms. The molecule has 4 heteroatoms. The molecule has 1 aromatic carbocycles. The van der Waals surface area contributed by atoms with Crippen molar-refractivity contribution in [3.05, 3.63) is 60.9 Å². The smallest absolute Gasteiger partial charge is 0.0360 e. The van der Waals surface area contributed by atoms with Crippen molar-refractivity contribution in [1.82, 2.24) is 14.8 Å². The van der Waals surface area contributed by atoms with Gasteiger partial charge in [0.15, 0.2) is 0 Å². The van der Waals surface area contributed by atoms with Crippen LogP contribution in [0.5, 0.6) is 0 Å². The summed E-state index contributed by atoms with van der Waals surface area (Å²) in [4.78, 5) is 10.2. The molecule has 0 unspecified atom stereocenters. The predicted molar refractivity (Wildman–Crippen MR) is 118 cm³/mol. The van der Waals surface area contributed by atoms with Crippen molar-refractivity contribution in [2.75, 3.05) is 59.8 Å². The fourth-order valence-electron chi connectivity index (χ4n) is 1.71. The van der Waals surface area contributed by atoms with Gasteiger partial charge in [0.2, 0.25) is 0 Å². The first kappa shape index (κ1) is 26.3. The van der Waals surface area contributed by atoms with E-state index in [9.17, 15) is 0 Å². The molecule has 148 valence electrons. The molecule has 0 aliphatic heterocycles. The lowest BCUT2D eigenvalue weighted by molar-refractivity contribution is 0.321. The highest BCUT2D eigenvalue weighted by molar-refractivity contribution is 5.43. The summed E-state index contributed by atoms with van der Waals surface area (Å²) in [6.45, 7) is 10.1. The highest BCUT2D eigenvalue weighted by Gasteiger charge is 1.89. The van der Waals surface area contributed by atoms with Gasteiger partial charge in [-0.25, -0.2) is 0 Å². The van der Waals surface area contributed by atoms with Gasteiger partial charge in [0.1, 0.15) is 0 Å². The zero-order chi connectivity index (χ0) is 20.2. The fourth-order valence-corrected chi connectivity index (χ4v) is 1.71. The van der Waals surface area contributed by atoms with Crippen LogP contribution in [0.4, 0.5) is 5.69 Å². The average molecular weight is 361 g/mol. The van der Waals surface area contributed by atoms with Crippen molar-refractivity contribution in [1.29, 1.82) is 0 Å². The summed E-state index contributed by atoms with van der Waals surface area (Å²) in [6.07, 6.45) is 3.50. The van der Waals surface area contributed by atoms with Crippen molar-refractivity contribution >= 4 is 5.69 Å². The van der Waals surface area contributed by atoms with Crippen LogP contribution >= 0.6 is 0 Å². The minimum Gasteiger partial charge on any atom is -0.378 e. The van der Waals surface area contributed by atoms with Crippen LogP contribution < -0.4 is 4.90 Å². The third kappa shape index (κ3) is 20.1. The Hall–Kier alpha value is -1.91. The molecule has 2 aromatic rings. The Morgan fingerprint density at radius 3 is 1.19 bits per heavy atom. The Balaban J connectivity index is 0. The summed E-state index contributed by atoms with van der Waals surface area (Å²) < 4.78 is 0. The quantitative estimate of drug-likeness (QED) is 0.808. The molecule has 1 heterocycles. The van der Waals surface area contributed by atoms with E-state index in [1.807, 2.05) is 76.5 Å². The van der Waals surface area contributed by atoms with Gasteiger partial charge in [0, 0.05) is 32.2 Å². The Labute approximate surface area is 162 Å². The first-order chi connectivity index (χ1) is 12.4. The Kier molecular flexibility index (Phi) is 19.7. The van der Waals surface area contributed by atoms with Gasteiger partial charge in [-0.1, -0.05) is 45.0 Å².